The Morgan fingerprint density at radius 1 is 0.633 bits per heavy atom. The molecule has 1 aromatic heterocycles. The monoisotopic (exact) mass is 686 g/mol. The normalized spacial score (nSPS) is 11.3. The van der Waals surface area contributed by atoms with Gasteiger partial charge in [0.05, 0.1) is 71.5 Å². The lowest BCUT2D eigenvalue weighted by Crippen LogP contribution is -2.14. The van der Waals surface area contributed by atoms with Gasteiger partial charge in [-0.05, 0) is 58.6 Å². The molecule has 3 rings (SSSR count). The van der Waals surface area contributed by atoms with Crippen molar-refractivity contribution < 1.29 is 47.4 Å². The number of hydrogen-bond acceptors (Lipinski definition) is 11. The number of phenols is 1. The van der Waals surface area contributed by atoms with Crippen molar-refractivity contribution in [2.75, 3.05) is 93.5 Å². The fourth-order valence-electron chi connectivity index (χ4n) is 5.01. The van der Waals surface area contributed by atoms with Crippen LogP contribution in [0.2, 0.25) is 0 Å². The SMILES string of the molecule is COCCOCCOCCOc1cc2oc3cc(OCCOCCOCCOC)c(CC=C(C)C)c(O)c3c(=O)c2c(CC=C(C)C)c1C. The van der Waals surface area contributed by atoms with E-state index in [1.165, 1.54) is 0 Å². The van der Waals surface area contributed by atoms with Gasteiger partial charge < -0.3 is 47.4 Å². The van der Waals surface area contributed by atoms with Gasteiger partial charge in [0.25, 0.3) is 0 Å². The van der Waals surface area contributed by atoms with E-state index in [2.05, 4.69) is 6.08 Å². The molecular weight excluding hydrogens is 632 g/mol. The summed E-state index contributed by atoms with van der Waals surface area (Å²) < 4.78 is 50.7. The Kier molecular flexibility index (Phi) is 17.6. The molecule has 1 heterocycles. The van der Waals surface area contributed by atoms with Crippen molar-refractivity contribution >= 4 is 21.9 Å². The third kappa shape index (κ3) is 12.4. The van der Waals surface area contributed by atoms with Crippen LogP contribution in [0.4, 0.5) is 0 Å². The van der Waals surface area contributed by atoms with Gasteiger partial charge in [0.15, 0.2) is 0 Å². The Morgan fingerprint density at radius 3 is 1.57 bits per heavy atom. The van der Waals surface area contributed by atoms with Crippen LogP contribution < -0.4 is 14.9 Å². The Morgan fingerprint density at radius 2 is 1.06 bits per heavy atom. The van der Waals surface area contributed by atoms with E-state index in [0.717, 1.165) is 22.3 Å². The number of phenolic OH excluding ortho intramolecular Hbond substituents is 1. The first-order chi connectivity index (χ1) is 23.7. The Hall–Kier alpha value is -3.45. The average Bonchev–Trinajstić information content (AvgIpc) is 3.06. The van der Waals surface area contributed by atoms with Gasteiger partial charge in [-0.1, -0.05) is 23.3 Å². The maximum absolute atomic E-state index is 14.3. The summed E-state index contributed by atoms with van der Waals surface area (Å²) in [6, 6.07) is 3.42. The largest absolute Gasteiger partial charge is 0.507 e. The van der Waals surface area contributed by atoms with E-state index >= 15 is 0 Å². The summed E-state index contributed by atoms with van der Waals surface area (Å²) in [5.41, 5.74) is 4.58. The summed E-state index contributed by atoms with van der Waals surface area (Å²) in [5.74, 6) is 0.862. The molecule has 272 valence electrons. The number of fused-ring (bicyclic) bond motifs is 2. The second-order valence-electron chi connectivity index (χ2n) is 12.0. The number of allylic oxidation sites excluding steroid dienone is 4. The molecule has 2 aromatic carbocycles. The zero-order chi connectivity index (χ0) is 35.6. The van der Waals surface area contributed by atoms with Crippen molar-refractivity contribution in [2.24, 2.45) is 0 Å². The molecule has 0 spiro atoms. The molecule has 0 atom stereocenters. The molecule has 0 saturated carbocycles. The highest BCUT2D eigenvalue weighted by Crippen LogP contribution is 2.39. The molecule has 11 nitrogen and oxygen atoms in total. The molecule has 49 heavy (non-hydrogen) atoms. The lowest BCUT2D eigenvalue weighted by atomic mass is 9.96. The van der Waals surface area contributed by atoms with Crippen LogP contribution in [0.5, 0.6) is 17.2 Å². The van der Waals surface area contributed by atoms with Crippen molar-refractivity contribution in [1.29, 1.82) is 0 Å². The molecule has 0 saturated heterocycles. The molecule has 0 unspecified atom stereocenters. The van der Waals surface area contributed by atoms with Crippen molar-refractivity contribution in [2.45, 2.75) is 47.5 Å². The second kappa shape index (κ2) is 21.6. The number of hydrogen-bond donors (Lipinski definition) is 1. The molecule has 0 radical (unpaired) electrons. The summed E-state index contributed by atoms with van der Waals surface area (Å²) in [5, 5.41) is 12.1. The van der Waals surface area contributed by atoms with Gasteiger partial charge in [-0.3, -0.25) is 4.79 Å². The van der Waals surface area contributed by atoms with Crippen LogP contribution in [0.1, 0.15) is 44.4 Å². The minimum atomic E-state index is -0.306. The Bertz CT molecular complexity index is 1580. The van der Waals surface area contributed by atoms with Crippen LogP contribution in [0.25, 0.3) is 21.9 Å². The van der Waals surface area contributed by atoms with Crippen LogP contribution in [-0.2, 0) is 41.3 Å². The highest BCUT2D eigenvalue weighted by molar-refractivity contribution is 5.97. The van der Waals surface area contributed by atoms with Crippen LogP contribution in [0.15, 0.2) is 44.6 Å². The van der Waals surface area contributed by atoms with Crippen LogP contribution in [0, 0.1) is 6.92 Å². The topological polar surface area (TPSA) is 124 Å². The predicted octanol–water partition coefficient (Wildman–Crippen LogP) is 6.09. The fraction of sp³-hybridized carbons (Fsp3) is 0.553. The number of benzene rings is 2. The van der Waals surface area contributed by atoms with Crippen molar-refractivity contribution in [1.82, 2.24) is 0 Å². The van der Waals surface area contributed by atoms with Crippen LogP contribution in [0.3, 0.4) is 0 Å². The van der Waals surface area contributed by atoms with Crippen molar-refractivity contribution in [3.05, 3.63) is 62.3 Å². The summed E-state index contributed by atoms with van der Waals surface area (Å²) in [4.78, 5) is 14.3. The molecule has 0 bridgehead atoms. The summed E-state index contributed by atoms with van der Waals surface area (Å²) >= 11 is 0. The van der Waals surface area contributed by atoms with Crippen LogP contribution >= 0.6 is 0 Å². The van der Waals surface area contributed by atoms with E-state index in [9.17, 15) is 9.90 Å². The highest BCUT2D eigenvalue weighted by atomic mass is 16.6. The summed E-state index contributed by atoms with van der Waals surface area (Å²) in [6.45, 7) is 15.0. The molecule has 0 aliphatic rings. The van der Waals surface area contributed by atoms with Gasteiger partial charge in [-0.15, -0.1) is 0 Å². The first kappa shape index (κ1) is 40.0. The van der Waals surface area contributed by atoms with Crippen molar-refractivity contribution in [3.8, 4) is 17.2 Å². The van der Waals surface area contributed by atoms with Crippen molar-refractivity contribution in [3.63, 3.8) is 0 Å². The first-order valence-corrected chi connectivity index (χ1v) is 16.8. The number of rotatable bonds is 24. The maximum atomic E-state index is 14.3. The standard InChI is InChI=1S/C38H54O11/c1-26(2)8-10-29-28(5)31(47-22-20-45-18-16-43-14-12-41-6)24-33-35(29)38(40)36-34(49-33)25-32(30(37(36)39)11-9-27(3)4)48-23-21-46-19-17-44-15-13-42-7/h8-9,24-25,39H,10-23H2,1-7H3. The molecule has 0 fully saturated rings. The summed E-state index contributed by atoms with van der Waals surface area (Å²) in [7, 11) is 3.26. The van der Waals surface area contributed by atoms with Crippen LogP contribution in [-0.4, -0.2) is 98.6 Å². The number of methoxy groups -OCH3 is 2. The molecule has 0 amide bonds. The number of aromatic hydroxyl groups is 1. The average molecular weight is 687 g/mol. The molecule has 1 N–H and O–H groups in total. The van der Waals surface area contributed by atoms with E-state index in [1.54, 1.807) is 26.4 Å². The maximum Gasteiger partial charge on any atom is 0.204 e. The van der Waals surface area contributed by atoms with E-state index in [4.69, 9.17) is 42.3 Å². The van der Waals surface area contributed by atoms with Gasteiger partial charge in [-0.25, -0.2) is 0 Å². The molecule has 0 aliphatic carbocycles. The van der Waals surface area contributed by atoms with E-state index in [1.807, 2.05) is 40.7 Å². The van der Waals surface area contributed by atoms with Gasteiger partial charge in [0, 0.05) is 31.9 Å². The van der Waals surface area contributed by atoms with Gasteiger partial charge in [0.1, 0.15) is 47.0 Å². The third-order valence-corrected chi connectivity index (χ3v) is 7.64. The Balaban J connectivity index is 1.93. The smallest absolute Gasteiger partial charge is 0.204 e. The first-order valence-electron chi connectivity index (χ1n) is 16.8. The molecule has 0 aliphatic heterocycles. The predicted molar refractivity (Wildman–Crippen MR) is 191 cm³/mol. The molecule has 11 heteroatoms. The van der Waals surface area contributed by atoms with Gasteiger partial charge in [-0.2, -0.15) is 0 Å². The number of ether oxygens (including phenoxy) is 8. The zero-order valence-electron chi connectivity index (χ0n) is 30.2. The van der Waals surface area contributed by atoms with Gasteiger partial charge in [0.2, 0.25) is 5.43 Å². The van der Waals surface area contributed by atoms with E-state index in [0.29, 0.717) is 114 Å². The molecular formula is C38H54O11. The minimum Gasteiger partial charge on any atom is -0.507 e. The lowest BCUT2D eigenvalue weighted by Gasteiger charge is -2.17. The quantitative estimate of drug-likeness (QED) is 0.0669. The lowest BCUT2D eigenvalue weighted by molar-refractivity contribution is 0.0179. The zero-order valence-corrected chi connectivity index (χ0v) is 30.2. The molecule has 3 aromatic rings. The van der Waals surface area contributed by atoms with E-state index in [-0.39, 0.29) is 28.8 Å². The minimum absolute atomic E-state index is 0.120. The van der Waals surface area contributed by atoms with Gasteiger partial charge >= 0.3 is 0 Å². The second-order valence-corrected chi connectivity index (χ2v) is 12.0. The summed E-state index contributed by atoms with van der Waals surface area (Å²) in [6.07, 6.45) is 4.92. The van der Waals surface area contributed by atoms with E-state index < -0.39 is 0 Å². The highest BCUT2D eigenvalue weighted by Gasteiger charge is 2.23. The third-order valence-electron chi connectivity index (χ3n) is 7.64. The fourth-order valence-corrected chi connectivity index (χ4v) is 5.01. The Labute approximate surface area is 289 Å².